The van der Waals surface area contributed by atoms with E-state index in [0.29, 0.717) is 17.5 Å². The second kappa shape index (κ2) is 5.13. The van der Waals surface area contributed by atoms with Gasteiger partial charge >= 0.3 is 0 Å². The Kier molecular flexibility index (Phi) is 4.39. The zero-order chi connectivity index (χ0) is 10.6. The van der Waals surface area contributed by atoms with Crippen molar-refractivity contribution in [2.45, 2.75) is 58.5 Å². The van der Waals surface area contributed by atoms with Gasteiger partial charge in [-0.2, -0.15) is 0 Å². The summed E-state index contributed by atoms with van der Waals surface area (Å²) in [5.41, 5.74) is 0.572. The van der Waals surface area contributed by atoms with Crippen LogP contribution < -0.4 is 5.32 Å². The maximum absolute atomic E-state index is 5.12. The molecular formula is C12H25NO. The van der Waals surface area contributed by atoms with Gasteiger partial charge < -0.3 is 10.1 Å². The highest BCUT2D eigenvalue weighted by atomic mass is 16.5. The average molecular weight is 199 g/mol. The number of methoxy groups -OCH3 is 1. The number of hydrogen-bond donors (Lipinski definition) is 1. The summed E-state index contributed by atoms with van der Waals surface area (Å²) < 4.78 is 5.12. The van der Waals surface area contributed by atoms with Gasteiger partial charge in [0.2, 0.25) is 0 Å². The smallest absolute Gasteiger partial charge is 0.0613 e. The molecule has 1 N–H and O–H groups in total. The first-order chi connectivity index (χ1) is 6.53. The van der Waals surface area contributed by atoms with Gasteiger partial charge in [-0.25, -0.2) is 0 Å². The van der Waals surface area contributed by atoms with Crippen LogP contribution in [0.4, 0.5) is 0 Å². The summed E-state index contributed by atoms with van der Waals surface area (Å²) in [6.07, 6.45) is 5.34. The molecule has 0 saturated heterocycles. The molecule has 1 aliphatic carbocycles. The van der Waals surface area contributed by atoms with E-state index < -0.39 is 0 Å². The van der Waals surface area contributed by atoms with Gasteiger partial charge in [-0.15, -0.1) is 0 Å². The van der Waals surface area contributed by atoms with Crippen LogP contribution in [-0.2, 0) is 4.74 Å². The molecule has 0 aliphatic heterocycles. The van der Waals surface area contributed by atoms with Crippen LogP contribution in [0.3, 0.4) is 0 Å². The Balaban J connectivity index is 2.22. The van der Waals surface area contributed by atoms with Crippen LogP contribution in [0.5, 0.6) is 0 Å². The molecule has 0 heterocycles. The Morgan fingerprint density at radius 3 is 2.43 bits per heavy atom. The van der Waals surface area contributed by atoms with Gasteiger partial charge in [0.25, 0.3) is 0 Å². The molecule has 1 rings (SSSR count). The average Bonchev–Trinajstić information content (AvgIpc) is 2.09. The molecule has 0 radical (unpaired) electrons. The van der Waals surface area contributed by atoms with Crippen molar-refractivity contribution in [2.75, 3.05) is 13.7 Å². The van der Waals surface area contributed by atoms with Crippen molar-refractivity contribution in [1.82, 2.24) is 5.32 Å². The number of nitrogens with one attached hydrogen (secondary N) is 1. The number of ether oxygens (including phenoxy) is 1. The Bertz CT molecular complexity index is 158. The molecule has 0 spiro atoms. The first kappa shape index (κ1) is 12.0. The van der Waals surface area contributed by atoms with E-state index in [9.17, 15) is 0 Å². The largest absolute Gasteiger partial charge is 0.383 e. The molecule has 1 aliphatic rings. The van der Waals surface area contributed by atoms with Crippen LogP contribution in [0.2, 0.25) is 0 Å². The van der Waals surface area contributed by atoms with Crippen LogP contribution in [0.1, 0.15) is 46.5 Å². The van der Waals surface area contributed by atoms with Gasteiger partial charge in [-0.3, -0.25) is 0 Å². The van der Waals surface area contributed by atoms with E-state index in [0.717, 1.165) is 6.61 Å². The van der Waals surface area contributed by atoms with Gasteiger partial charge in [0, 0.05) is 19.2 Å². The van der Waals surface area contributed by atoms with E-state index in [4.69, 9.17) is 4.74 Å². The first-order valence-electron chi connectivity index (χ1n) is 5.78. The predicted octanol–water partition coefficient (Wildman–Crippen LogP) is 2.58. The summed E-state index contributed by atoms with van der Waals surface area (Å²) in [6.45, 7) is 7.77. The minimum Gasteiger partial charge on any atom is -0.383 e. The molecule has 0 bridgehead atoms. The minimum absolute atomic E-state index is 0.492. The van der Waals surface area contributed by atoms with Gasteiger partial charge in [-0.05, 0) is 38.0 Å². The van der Waals surface area contributed by atoms with Crippen molar-refractivity contribution < 1.29 is 4.74 Å². The Labute approximate surface area is 88.4 Å². The molecule has 1 fully saturated rings. The highest BCUT2D eigenvalue weighted by molar-refractivity contribution is 4.83. The highest BCUT2D eigenvalue weighted by Crippen LogP contribution is 2.35. The molecule has 2 nitrogen and oxygen atoms in total. The molecule has 1 atom stereocenters. The Morgan fingerprint density at radius 1 is 1.36 bits per heavy atom. The fourth-order valence-electron chi connectivity index (χ4n) is 2.27. The van der Waals surface area contributed by atoms with E-state index in [1.54, 1.807) is 7.11 Å². The standard InChI is InChI=1S/C12H25NO/c1-10(9-14-4)13-11-5-7-12(2,3)8-6-11/h10-11,13H,5-9H2,1-4H3/t10-/m1/s1. The third-order valence-electron chi connectivity index (χ3n) is 3.28. The number of hydrogen-bond acceptors (Lipinski definition) is 2. The van der Waals surface area contributed by atoms with Crippen molar-refractivity contribution >= 4 is 0 Å². The van der Waals surface area contributed by atoms with Gasteiger partial charge in [0.05, 0.1) is 6.61 Å². The summed E-state index contributed by atoms with van der Waals surface area (Å²) in [7, 11) is 1.77. The molecule has 0 aromatic carbocycles. The van der Waals surface area contributed by atoms with Crippen molar-refractivity contribution in [3.05, 3.63) is 0 Å². The molecule has 1 saturated carbocycles. The van der Waals surface area contributed by atoms with Crippen molar-refractivity contribution in [2.24, 2.45) is 5.41 Å². The normalized spacial score (nSPS) is 24.9. The van der Waals surface area contributed by atoms with Gasteiger partial charge in [0.1, 0.15) is 0 Å². The lowest BCUT2D eigenvalue weighted by Crippen LogP contribution is -2.42. The molecule has 0 aromatic heterocycles. The second-order valence-corrected chi connectivity index (χ2v) is 5.46. The predicted molar refractivity (Wildman–Crippen MR) is 60.5 cm³/mol. The zero-order valence-electron chi connectivity index (χ0n) is 10.1. The molecular weight excluding hydrogens is 174 g/mol. The zero-order valence-corrected chi connectivity index (χ0v) is 10.1. The highest BCUT2D eigenvalue weighted by Gasteiger charge is 2.27. The molecule has 14 heavy (non-hydrogen) atoms. The lowest BCUT2D eigenvalue weighted by molar-refractivity contribution is 0.147. The van der Waals surface area contributed by atoms with Gasteiger partial charge in [0.15, 0.2) is 0 Å². The molecule has 84 valence electrons. The Morgan fingerprint density at radius 2 is 1.93 bits per heavy atom. The SMILES string of the molecule is COC[C@@H](C)NC1CCC(C)(C)CC1. The summed E-state index contributed by atoms with van der Waals surface area (Å²) >= 11 is 0. The summed E-state index contributed by atoms with van der Waals surface area (Å²) in [5.74, 6) is 0. The van der Waals surface area contributed by atoms with Crippen LogP contribution >= 0.6 is 0 Å². The van der Waals surface area contributed by atoms with E-state index >= 15 is 0 Å². The lowest BCUT2D eigenvalue weighted by Gasteiger charge is -2.35. The number of rotatable bonds is 4. The van der Waals surface area contributed by atoms with Crippen LogP contribution in [-0.4, -0.2) is 25.8 Å². The molecule has 0 amide bonds. The van der Waals surface area contributed by atoms with E-state index in [2.05, 4.69) is 26.1 Å². The molecule has 0 unspecified atom stereocenters. The van der Waals surface area contributed by atoms with E-state index in [1.807, 2.05) is 0 Å². The van der Waals surface area contributed by atoms with Gasteiger partial charge in [-0.1, -0.05) is 13.8 Å². The maximum Gasteiger partial charge on any atom is 0.0613 e. The lowest BCUT2D eigenvalue weighted by atomic mass is 9.75. The van der Waals surface area contributed by atoms with Crippen molar-refractivity contribution in [3.63, 3.8) is 0 Å². The van der Waals surface area contributed by atoms with E-state index in [1.165, 1.54) is 25.7 Å². The van der Waals surface area contributed by atoms with Crippen LogP contribution in [0.25, 0.3) is 0 Å². The molecule has 2 heteroatoms. The second-order valence-electron chi connectivity index (χ2n) is 5.46. The quantitative estimate of drug-likeness (QED) is 0.751. The third-order valence-corrected chi connectivity index (χ3v) is 3.28. The van der Waals surface area contributed by atoms with Crippen molar-refractivity contribution in [1.29, 1.82) is 0 Å². The van der Waals surface area contributed by atoms with Crippen molar-refractivity contribution in [3.8, 4) is 0 Å². The summed E-state index contributed by atoms with van der Waals surface area (Å²) in [6, 6.07) is 1.21. The fraction of sp³-hybridized carbons (Fsp3) is 1.00. The van der Waals surface area contributed by atoms with E-state index in [-0.39, 0.29) is 0 Å². The topological polar surface area (TPSA) is 21.3 Å². The minimum atomic E-state index is 0.492. The Hall–Kier alpha value is -0.0800. The van der Waals surface area contributed by atoms with Crippen LogP contribution in [0.15, 0.2) is 0 Å². The maximum atomic E-state index is 5.12. The first-order valence-corrected chi connectivity index (χ1v) is 5.78. The third kappa shape index (κ3) is 3.97. The monoisotopic (exact) mass is 199 g/mol. The summed E-state index contributed by atoms with van der Waals surface area (Å²) in [4.78, 5) is 0. The summed E-state index contributed by atoms with van der Waals surface area (Å²) in [5, 5.41) is 3.63. The molecule has 0 aromatic rings. The van der Waals surface area contributed by atoms with Crippen LogP contribution in [0, 0.1) is 5.41 Å². The fourth-order valence-corrected chi connectivity index (χ4v) is 2.27.